The number of ether oxygens (including phenoxy) is 1. The van der Waals surface area contributed by atoms with E-state index < -0.39 is 10.0 Å². The highest BCUT2D eigenvalue weighted by atomic mass is 32.2. The molecule has 0 unspecified atom stereocenters. The molecule has 0 radical (unpaired) electrons. The van der Waals surface area contributed by atoms with Crippen LogP contribution < -0.4 is 4.72 Å². The van der Waals surface area contributed by atoms with E-state index in [9.17, 15) is 13.2 Å². The van der Waals surface area contributed by atoms with Crippen LogP contribution in [0.5, 0.6) is 0 Å². The molecule has 1 N–H and O–H groups in total. The first kappa shape index (κ1) is 15.6. The Kier molecular flexibility index (Phi) is 5.95. The van der Waals surface area contributed by atoms with Gasteiger partial charge in [0.1, 0.15) is 15.2 Å². The van der Waals surface area contributed by atoms with Gasteiger partial charge in [-0.3, -0.25) is 4.79 Å². The van der Waals surface area contributed by atoms with Gasteiger partial charge < -0.3 is 4.74 Å². The third-order valence-corrected chi connectivity index (χ3v) is 5.05. The van der Waals surface area contributed by atoms with Crippen molar-refractivity contribution in [2.45, 2.75) is 24.0 Å². The molecule has 0 saturated carbocycles. The number of nitriles is 1. The number of rotatable bonds is 7. The van der Waals surface area contributed by atoms with Crippen molar-refractivity contribution in [1.82, 2.24) is 4.72 Å². The third-order valence-electron chi connectivity index (χ3n) is 2.11. The van der Waals surface area contributed by atoms with Gasteiger partial charge in [0, 0.05) is 13.0 Å². The number of hydrogen-bond acceptors (Lipinski definition) is 6. The third kappa shape index (κ3) is 4.98. The van der Waals surface area contributed by atoms with Crippen molar-refractivity contribution in [3.05, 3.63) is 17.0 Å². The average molecular weight is 302 g/mol. The van der Waals surface area contributed by atoms with Crippen LogP contribution in [0.1, 0.15) is 24.6 Å². The van der Waals surface area contributed by atoms with Crippen molar-refractivity contribution < 1.29 is 17.9 Å². The molecule has 0 aliphatic rings. The first-order chi connectivity index (χ1) is 8.99. The predicted octanol–water partition coefficient (Wildman–Crippen LogP) is 1.24. The largest absolute Gasteiger partial charge is 0.466 e. The zero-order valence-electron chi connectivity index (χ0n) is 10.4. The molecule has 104 valence electrons. The Morgan fingerprint density at radius 1 is 1.53 bits per heavy atom. The summed E-state index contributed by atoms with van der Waals surface area (Å²) in [6, 6.07) is 4.72. The van der Waals surface area contributed by atoms with Gasteiger partial charge >= 0.3 is 5.97 Å². The van der Waals surface area contributed by atoms with Gasteiger partial charge in [-0.15, -0.1) is 11.3 Å². The lowest BCUT2D eigenvalue weighted by Crippen LogP contribution is -2.24. The minimum Gasteiger partial charge on any atom is -0.466 e. The molecule has 0 saturated heterocycles. The second kappa shape index (κ2) is 7.23. The van der Waals surface area contributed by atoms with E-state index in [4.69, 9.17) is 10.00 Å². The molecule has 0 atom stereocenters. The maximum absolute atomic E-state index is 11.8. The Hall–Kier alpha value is -1.43. The number of sulfonamides is 1. The standard InChI is InChI=1S/C11H14N2O4S2/c1-2-17-10(14)4-3-7-13-19(15,16)11-6-5-9(8-12)18-11/h5-6,13H,2-4,7H2,1H3. The van der Waals surface area contributed by atoms with Crippen LogP contribution in [0.3, 0.4) is 0 Å². The van der Waals surface area contributed by atoms with Crippen molar-refractivity contribution in [1.29, 1.82) is 5.26 Å². The highest BCUT2D eigenvalue weighted by molar-refractivity contribution is 7.91. The molecule has 8 heteroatoms. The zero-order valence-corrected chi connectivity index (χ0v) is 12.0. The second-order valence-corrected chi connectivity index (χ2v) is 6.61. The summed E-state index contributed by atoms with van der Waals surface area (Å²) in [4.78, 5) is 11.4. The predicted molar refractivity (Wildman–Crippen MR) is 70.1 cm³/mol. The first-order valence-electron chi connectivity index (χ1n) is 5.65. The van der Waals surface area contributed by atoms with Crippen molar-refractivity contribution >= 4 is 27.3 Å². The second-order valence-electron chi connectivity index (χ2n) is 3.54. The minimum absolute atomic E-state index is 0.0974. The molecule has 6 nitrogen and oxygen atoms in total. The van der Waals surface area contributed by atoms with E-state index in [1.165, 1.54) is 12.1 Å². The Morgan fingerprint density at radius 3 is 2.84 bits per heavy atom. The Labute approximate surface area is 116 Å². The van der Waals surface area contributed by atoms with Gasteiger partial charge in [-0.05, 0) is 25.5 Å². The van der Waals surface area contributed by atoms with E-state index in [1.807, 2.05) is 6.07 Å². The van der Waals surface area contributed by atoms with Gasteiger partial charge in [-0.2, -0.15) is 5.26 Å². The summed E-state index contributed by atoms with van der Waals surface area (Å²) in [7, 11) is -3.59. The number of nitrogens with one attached hydrogen (secondary N) is 1. The molecule has 1 aromatic heterocycles. The average Bonchev–Trinajstić information content (AvgIpc) is 2.84. The van der Waals surface area contributed by atoms with Crippen molar-refractivity contribution in [2.75, 3.05) is 13.2 Å². The Bertz CT molecular complexity index is 572. The van der Waals surface area contributed by atoms with E-state index >= 15 is 0 Å². The van der Waals surface area contributed by atoms with Crippen LogP contribution in [0.2, 0.25) is 0 Å². The molecule has 0 amide bonds. The molecule has 1 aromatic rings. The molecular weight excluding hydrogens is 288 g/mol. The smallest absolute Gasteiger partial charge is 0.305 e. The van der Waals surface area contributed by atoms with Gasteiger partial charge in [0.15, 0.2) is 0 Å². The SMILES string of the molecule is CCOC(=O)CCCNS(=O)(=O)c1ccc(C#N)s1. The van der Waals surface area contributed by atoms with Crippen LogP contribution in [0.25, 0.3) is 0 Å². The van der Waals surface area contributed by atoms with Crippen LogP contribution in [0.15, 0.2) is 16.3 Å². The minimum atomic E-state index is -3.59. The van der Waals surface area contributed by atoms with Crippen LogP contribution in [-0.2, 0) is 19.6 Å². The van der Waals surface area contributed by atoms with Crippen LogP contribution in [0, 0.1) is 11.3 Å². The van der Waals surface area contributed by atoms with Crippen LogP contribution >= 0.6 is 11.3 Å². The topological polar surface area (TPSA) is 96.3 Å². The lowest BCUT2D eigenvalue weighted by atomic mass is 10.3. The zero-order chi connectivity index (χ0) is 14.3. The summed E-state index contributed by atoms with van der Waals surface area (Å²) in [6.07, 6.45) is 0.540. The van der Waals surface area contributed by atoms with E-state index in [1.54, 1.807) is 6.92 Å². The van der Waals surface area contributed by atoms with Gasteiger partial charge in [0.05, 0.1) is 6.61 Å². The van der Waals surface area contributed by atoms with E-state index in [-0.39, 0.29) is 23.1 Å². The molecule has 0 bridgehead atoms. The summed E-state index contributed by atoms with van der Waals surface area (Å²) < 4.78 is 30.8. The fourth-order valence-electron chi connectivity index (χ4n) is 1.27. The maximum atomic E-state index is 11.8. The Morgan fingerprint density at radius 2 is 2.26 bits per heavy atom. The molecule has 1 heterocycles. The maximum Gasteiger partial charge on any atom is 0.305 e. The fourth-order valence-corrected chi connectivity index (χ4v) is 3.49. The highest BCUT2D eigenvalue weighted by Crippen LogP contribution is 2.20. The summed E-state index contributed by atoms with van der Waals surface area (Å²) in [5.74, 6) is -0.343. The normalized spacial score (nSPS) is 10.9. The number of carbonyl (C=O) groups excluding carboxylic acids is 1. The van der Waals surface area contributed by atoms with Crippen LogP contribution in [0.4, 0.5) is 0 Å². The lowest BCUT2D eigenvalue weighted by Gasteiger charge is -2.04. The van der Waals surface area contributed by atoms with E-state index in [0.717, 1.165) is 11.3 Å². The van der Waals surface area contributed by atoms with Crippen molar-refractivity contribution in [3.63, 3.8) is 0 Å². The van der Waals surface area contributed by atoms with Crippen LogP contribution in [-0.4, -0.2) is 27.5 Å². The molecule has 19 heavy (non-hydrogen) atoms. The molecule has 0 aromatic carbocycles. The summed E-state index contributed by atoms with van der Waals surface area (Å²) in [5.41, 5.74) is 0. The van der Waals surface area contributed by atoms with Gasteiger partial charge in [0.25, 0.3) is 0 Å². The highest BCUT2D eigenvalue weighted by Gasteiger charge is 2.16. The molecule has 0 spiro atoms. The monoisotopic (exact) mass is 302 g/mol. The number of esters is 1. The summed E-state index contributed by atoms with van der Waals surface area (Å²) in [6.45, 7) is 2.18. The van der Waals surface area contributed by atoms with E-state index in [2.05, 4.69) is 4.72 Å². The molecular formula is C11H14N2O4S2. The number of nitrogens with zero attached hydrogens (tertiary/aromatic N) is 1. The van der Waals surface area contributed by atoms with Gasteiger partial charge in [0.2, 0.25) is 10.0 Å². The summed E-state index contributed by atoms with van der Waals surface area (Å²) >= 11 is 0.909. The number of carbonyl (C=O) groups is 1. The molecule has 1 rings (SSSR count). The number of hydrogen-bond donors (Lipinski definition) is 1. The quantitative estimate of drug-likeness (QED) is 0.604. The molecule has 0 aliphatic heterocycles. The van der Waals surface area contributed by atoms with Crippen molar-refractivity contribution in [3.8, 4) is 6.07 Å². The summed E-state index contributed by atoms with van der Waals surface area (Å²) in [5, 5.41) is 8.64. The van der Waals surface area contributed by atoms with Gasteiger partial charge in [-0.25, -0.2) is 13.1 Å². The van der Waals surface area contributed by atoms with Crippen molar-refractivity contribution in [2.24, 2.45) is 0 Å². The fraction of sp³-hybridized carbons (Fsp3) is 0.455. The van der Waals surface area contributed by atoms with E-state index in [0.29, 0.717) is 17.9 Å². The first-order valence-corrected chi connectivity index (χ1v) is 7.94. The lowest BCUT2D eigenvalue weighted by molar-refractivity contribution is -0.143. The molecule has 0 aliphatic carbocycles. The van der Waals surface area contributed by atoms with Gasteiger partial charge in [-0.1, -0.05) is 0 Å². The number of thiophene rings is 1. The molecule has 0 fully saturated rings. The Balaban J connectivity index is 2.44.